The van der Waals surface area contributed by atoms with Crippen molar-refractivity contribution >= 4 is 29.7 Å². The van der Waals surface area contributed by atoms with Crippen molar-refractivity contribution < 1.29 is 23.8 Å². The van der Waals surface area contributed by atoms with E-state index < -0.39 is 5.91 Å². The maximum Gasteiger partial charge on any atom is 0.262 e. The minimum Gasteiger partial charge on any atom is -0.493 e. The molecule has 0 saturated carbocycles. The van der Waals surface area contributed by atoms with Crippen LogP contribution in [-0.2, 0) is 9.59 Å². The number of benzene rings is 2. The SMILES string of the molecule is COc1cc(/C=C/C(=O)NNC(=O)CSc2ccc(C)cc2)cc(OC)c1OC. The van der Waals surface area contributed by atoms with Crippen molar-refractivity contribution in [3.63, 3.8) is 0 Å². The summed E-state index contributed by atoms with van der Waals surface area (Å²) in [7, 11) is 4.55. The largest absolute Gasteiger partial charge is 0.493 e. The fourth-order valence-corrected chi connectivity index (χ4v) is 3.06. The second-order valence-corrected chi connectivity index (χ2v) is 6.98. The van der Waals surface area contributed by atoms with Gasteiger partial charge in [0.2, 0.25) is 11.7 Å². The molecule has 2 aromatic carbocycles. The predicted molar refractivity (Wildman–Crippen MR) is 113 cm³/mol. The summed E-state index contributed by atoms with van der Waals surface area (Å²) in [6.45, 7) is 2.00. The zero-order chi connectivity index (χ0) is 21.2. The molecule has 0 saturated heterocycles. The van der Waals surface area contributed by atoms with Crippen LogP contribution in [-0.4, -0.2) is 38.9 Å². The van der Waals surface area contributed by atoms with Gasteiger partial charge in [-0.15, -0.1) is 11.8 Å². The summed E-state index contributed by atoms with van der Waals surface area (Å²) in [6.07, 6.45) is 2.88. The Hall–Kier alpha value is -3.13. The molecule has 0 aliphatic carbocycles. The van der Waals surface area contributed by atoms with Gasteiger partial charge in [-0.1, -0.05) is 17.7 Å². The average Bonchev–Trinajstić information content (AvgIpc) is 2.74. The normalized spacial score (nSPS) is 10.5. The molecule has 2 amide bonds. The molecule has 0 fully saturated rings. The fourth-order valence-electron chi connectivity index (χ4n) is 2.36. The van der Waals surface area contributed by atoms with Crippen molar-refractivity contribution in [2.24, 2.45) is 0 Å². The van der Waals surface area contributed by atoms with Crippen LogP contribution in [0, 0.1) is 6.92 Å². The molecular weight excluding hydrogens is 392 g/mol. The lowest BCUT2D eigenvalue weighted by Gasteiger charge is -2.12. The van der Waals surface area contributed by atoms with Crippen LogP contribution < -0.4 is 25.1 Å². The Labute approximate surface area is 174 Å². The molecule has 154 valence electrons. The molecule has 0 atom stereocenters. The van der Waals surface area contributed by atoms with E-state index in [0.29, 0.717) is 22.8 Å². The third-order valence-electron chi connectivity index (χ3n) is 3.83. The van der Waals surface area contributed by atoms with Crippen molar-refractivity contribution in [1.29, 1.82) is 0 Å². The number of ether oxygens (including phenoxy) is 3. The second kappa shape index (κ2) is 11.0. The smallest absolute Gasteiger partial charge is 0.262 e. The van der Waals surface area contributed by atoms with Crippen LogP contribution in [0.2, 0.25) is 0 Å². The molecule has 2 aromatic rings. The minimum atomic E-state index is -0.465. The number of aryl methyl sites for hydroxylation is 1. The van der Waals surface area contributed by atoms with Gasteiger partial charge in [-0.2, -0.15) is 0 Å². The van der Waals surface area contributed by atoms with E-state index in [1.165, 1.54) is 39.2 Å². The van der Waals surface area contributed by atoms with Gasteiger partial charge in [-0.05, 0) is 42.8 Å². The maximum atomic E-state index is 12.0. The van der Waals surface area contributed by atoms with Crippen LogP contribution in [0.5, 0.6) is 17.2 Å². The van der Waals surface area contributed by atoms with Crippen LogP contribution in [0.3, 0.4) is 0 Å². The number of amides is 2. The highest BCUT2D eigenvalue weighted by molar-refractivity contribution is 8.00. The maximum absolute atomic E-state index is 12.0. The van der Waals surface area contributed by atoms with E-state index >= 15 is 0 Å². The third kappa shape index (κ3) is 6.76. The molecule has 0 radical (unpaired) electrons. The van der Waals surface area contributed by atoms with E-state index in [2.05, 4.69) is 10.9 Å². The van der Waals surface area contributed by atoms with Crippen molar-refractivity contribution in [3.05, 3.63) is 53.6 Å². The Morgan fingerprint density at radius 3 is 2.14 bits per heavy atom. The molecule has 7 nitrogen and oxygen atoms in total. The van der Waals surface area contributed by atoms with Gasteiger partial charge < -0.3 is 14.2 Å². The van der Waals surface area contributed by atoms with E-state index in [-0.39, 0.29) is 11.7 Å². The standard InChI is InChI=1S/C21H24N2O5S/c1-14-5-8-16(9-6-14)29-13-20(25)23-22-19(24)10-7-15-11-17(26-2)21(28-4)18(12-15)27-3/h5-12H,13H2,1-4H3,(H,22,24)(H,23,25)/b10-7+. The Morgan fingerprint density at radius 2 is 1.59 bits per heavy atom. The van der Waals surface area contributed by atoms with Crippen molar-refractivity contribution in [3.8, 4) is 17.2 Å². The van der Waals surface area contributed by atoms with Gasteiger partial charge in [-0.3, -0.25) is 20.4 Å². The molecule has 0 aliphatic heterocycles. The lowest BCUT2D eigenvalue weighted by molar-refractivity contribution is -0.125. The van der Waals surface area contributed by atoms with Gasteiger partial charge in [0, 0.05) is 11.0 Å². The van der Waals surface area contributed by atoms with Crippen LogP contribution in [0.1, 0.15) is 11.1 Å². The summed E-state index contributed by atoms with van der Waals surface area (Å²) in [5.74, 6) is 0.856. The van der Waals surface area contributed by atoms with Gasteiger partial charge in [0.1, 0.15) is 0 Å². The quantitative estimate of drug-likeness (QED) is 0.391. The Bertz CT molecular complexity index is 856. The summed E-state index contributed by atoms with van der Waals surface area (Å²) < 4.78 is 15.8. The Kier molecular flexibility index (Phi) is 8.42. The van der Waals surface area contributed by atoms with Crippen LogP contribution >= 0.6 is 11.8 Å². The Morgan fingerprint density at radius 1 is 0.966 bits per heavy atom. The summed E-state index contributed by atoms with van der Waals surface area (Å²) >= 11 is 1.39. The molecule has 8 heteroatoms. The first kappa shape index (κ1) is 22.2. The topological polar surface area (TPSA) is 85.9 Å². The first-order valence-electron chi connectivity index (χ1n) is 8.73. The molecular formula is C21H24N2O5S. The van der Waals surface area contributed by atoms with E-state index in [0.717, 1.165) is 10.5 Å². The van der Waals surface area contributed by atoms with Gasteiger partial charge in [0.05, 0.1) is 27.1 Å². The first-order chi connectivity index (χ1) is 14.0. The summed E-state index contributed by atoms with van der Waals surface area (Å²) in [4.78, 5) is 24.8. The summed E-state index contributed by atoms with van der Waals surface area (Å²) in [6, 6.07) is 11.3. The summed E-state index contributed by atoms with van der Waals surface area (Å²) in [5.41, 5.74) is 6.57. The van der Waals surface area contributed by atoms with E-state index in [1.54, 1.807) is 18.2 Å². The summed E-state index contributed by atoms with van der Waals surface area (Å²) in [5, 5.41) is 0. The number of hydrazine groups is 1. The second-order valence-electron chi connectivity index (χ2n) is 5.93. The van der Waals surface area contributed by atoms with Crippen molar-refractivity contribution in [2.45, 2.75) is 11.8 Å². The molecule has 2 N–H and O–H groups in total. The number of methoxy groups -OCH3 is 3. The monoisotopic (exact) mass is 416 g/mol. The molecule has 0 heterocycles. The minimum absolute atomic E-state index is 0.194. The number of hydrogen-bond acceptors (Lipinski definition) is 6. The molecule has 0 unspecified atom stereocenters. The van der Waals surface area contributed by atoms with Gasteiger partial charge in [-0.25, -0.2) is 0 Å². The highest BCUT2D eigenvalue weighted by Gasteiger charge is 2.12. The van der Waals surface area contributed by atoms with Gasteiger partial charge in [0.15, 0.2) is 11.5 Å². The third-order valence-corrected chi connectivity index (χ3v) is 4.84. The van der Waals surface area contributed by atoms with Crippen molar-refractivity contribution in [1.82, 2.24) is 10.9 Å². The zero-order valence-corrected chi connectivity index (χ0v) is 17.6. The van der Waals surface area contributed by atoms with E-state index in [4.69, 9.17) is 14.2 Å². The number of nitrogens with one attached hydrogen (secondary N) is 2. The number of thioether (sulfide) groups is 1. The fraction of sp³-hybridized carbons (Fsp3) is 0.238. The van der Waals surface area contributed by atoms with Gasteiger partial charge >= 0.3 is 0 Å². The van der Waals surface area contributed by atoms with Crippen LogP contribution in [0.25, 0.3) is 6.08 Å². The molecule has 29 heavy (non-hydrogen) atoms. The lowest BCUT2D eigenvalue weighted by atomic mass is 10.1. The zero-order valence-electron chi connectivity index (χ0n) is 16.8. The average molecular weight is 416 g/mol. The van der Waals surface area contributed by atoms with Crippen LogP contribution in [0.15, 0.2) is 47.4 Å². The Balaban J connectivity index is 1.87. The van der Waals surface area contributed by atoms with E-state index in [1.807, 2.05) is 31.2 Å². The first-order valence-corrected chi connectivity index (χ1v) is 9.71. The van der Waals surface area contributed by atoms with Crippen molar-refractivity contribution in [2.75, 3.05) is 27.1 Å². The number of hydrogen-bond donors (Lipinski definition) is 2. The number of rotatable bonds is 8. The molecule has 0 bridgehead atoms. The van der Waals surface area contributed by atoms with Crippen LogP contribution in [0.4, 0.5) is 0 Å². The molecule has 0 aliphatic rings. The van der Waals surface area contributed by atoms with E-state index in [9.17, 15) is 9.59 Å². The predicted octanol–water partition coefficient (Wildman–Crippen LogP) is 2.97. The lowest BCUT2D eigenvalue weighted by Crippen LogP contribution is -2.41. The molecule has 0 aromatic heterocycles. The molecule has 2 rings (SSSR count). The highest BCUT2D eigenvalue weighted by Crippen LogP contribution is 2.38. The number of carbonyl (C=O) groups excluding carboxylic acids is 2. The van der Waals surface area contributed by atoms with Gasteiger partial charge in [0.25, 0.3) is 5.91 Å². The molecule has 0 spiro atoms. The highest BCUT2D eigenvalue weighted by atomic mass is 32.2. The number of carbonyl (C=O) groups is 2.